The second-order valence-electron chi connectivity index (χ2n) is 8.80. The number of hydrogen-bond acceptors (Lipinski definition) is 4. The molecule has 4 aliphatic rings. The van der Waals surface area contributed by atoms with E-state index in [0.717, 1.165) is 23.4 Å². The van der Waals surface area contributed by atoms with Gasteiger partial charge in [-0.05, 0) is 81.8 Å². The number of benzene rings is 1. The van der Waals surface area contributed by atoms with Crippen LogP contribution < -0.4 is 10.1 Å². The van der Waals surface area contributed by atoms with Gasteiger partial charge in [-0.1, -0.05) is 6.58 Å². The van der Waals surface area contributed by atoms with Crippen molar-refractivity contribution in [3.8, 4) is 5.75 Å². The summed E-state index contributed by atoms with van der Waals surface area (Å²) >= 11 is 0. The second-order valence-corrected chi connectivity index (χ2v) is 8.80. The van der Waals surface area contributed by atoms with Crippen LogP contribution in [0, 0.1) is 0 Å². The van der Waals surface area contributed by atoms with Crippen LogP contribution in [0.15, 0.2) is 30.5 Å². The van der Waals surface area contributed by atoms with E-state index in [1.165, 1.54) is 38.8 Å². The molecule has 1 aliphatic carbocycles. The monoisotopic (exact) mass is 395 g/mol. The Kier molecular flexibility index (Phi) is 4.82. The number of amides is 2. The lowest BCUT2D eigenvalue weighted by molar-refractivity contribution is -0.126. The maximum Gasteiger partial charge on any atom is 0.255 e. The molecule has 1 saturated carbocycles. The van der Waals surface area contributed by atoms with E-state index in [1.54, 1.807) is 4.90 Å². The highest BCUT2D eigenvalue weighted by molar-refractivity contribution is 6.01. The van der Waals surface area contributed by atoms with Crippen LogP contribution >= 0.6 is 0 Å². The number of fused-ring (bicyclic) bond motifs is 1. The molecule has 0 aromatic heterocycles. The minimum Gasteiger partial charge on any atom is -0.489 e. The number of rotatable bonds is 4. The van der Waals surface area contributed by atoms with Gasteiger partial charge in [0.2, 0.25) is 5.91 Å². The van der Waals surface area contributed by atoms with Gasteiger partial charge in [0.25, 0.3) is 5.91 Å². The Morgan fingerprint density at radius 2 is 1.90 bits per heavy atom. The minimum absolute atomic E-state index is 0.0602. The molecule has 1 N–H and O–H groups in total. The number of allylic oxidation sites excluding steroid dienone is 1. The lowest BCUT2D eigenvalue weighted by Gasteiger charge is -2.30. The van der Waals surface area contributed by atoms with Gasteiger partial charge in [-0.15, -0.1) is 0 Å². The Balaban J connectivity index is 1.30. The van der Waals surface area contributed by atoms with Crippen LogP contribution in [0.4, 0.5) is 0 Å². The van der Waals surface area contributed by atoms with Crippen LogP contribution in [-0.2, 0) is 11.3 Å². The predicted molar refractivity (Wildman–Crippen MR) is 109 cm³/mol. The summed E-state index contributed by atoms with van der Waals surface area (Å²) in [6.07, 6.45) is 7.68. The number of likely N-dealkylation sites (tertiary alicyclic amines) is 1. The molecule has 0 radical (unpaired) electrons. The number of nitrogens with zero attached hydrogens (tertiary/aromatic N) is 2. The van der Waals surface area contributed by atoms with Gasteiger partial charge in [0.15, 0.2) is 0 Å². The summed E-state index contributed by atoms with van der Waals surface area (Å²) in [6, 6.07) is 5.89. The van der Waals surface area contributed by atoms with Crippen molar-refractivity contribution in [3.05, 3.63) is 41.6 Å². The third kappa shape index (κ3) is 3.44. The lowest BCUT2D eigenvalue weighted by Crippen LogP contribution is -2.49. The van der Waals surface area contributed by atoms with E-state index in [4.69, 9.17) is 4.74 Å². The van der Waals surface area contributed by atoms with Crippen LogP contribution in [-0.4, -0.2) is 52.9 Å². The minimum atomic E-state index is -0.417. The number of carbonyl (C=O) groups excluding carboxylic acids is 2. The van der Waals surface area contributed by atoms with E-state index < -0.39 is 6.04 Å². The summed E-state index contributed by atoms with van der Waals surface area (Å²) < 4.78 is 6.41. The van der Waals surface area contributed by atoms with Crippen LogP contribution in [0.1, 0.15) is 60.9 Å². The Bertz CT molecular complexity index is 846. The standard InChI is InChI=1S/C23H29N3O3/c1-15-7-10-20(22(27)24-15)26-14-16-13-17(8-9-18(16)23(26)28)29-21-6-4-5-19(21)25-11-2-3-12-25/h8-9,13,19-21H,1-7,10-12,14H2,(H,24,27)/t19?,20?,21-/m1/s1. The van der Waals surface area contributed by atoms with Crippen molar-refractivity contribution in [1.29, 1.82) is 0 Å². The highest BCUT2D eigenvalue weighted by Crippen LogP contribution is 2.34. The fourth-order valence-electron chi connectivity index (χ4n) is 5.41. The maximum absolute atomic E-state index is 12.9. The molecule has 3 heterocycles. The summed E-state index contributed by atoms with van der Waals surface area (Å²) in [7, 11) is 0. The van der Waals surface area contributed by atoms with Crippen LogP contribution in [0.5, 0.6) is 5.75 Å². The summed E-state index contributed by atoms with van der Waals surface area (Å²) in [5.74, 6) is 0.657. The fraction of sp³-hybridized carbons (Fsp3) is 0.565. The number of piperidine rings is 1. The van der Waals surface area contributed by atoms with E-state index in [9.17, 15) is 9.59 Å². The zero-order chi connectivity index (χ0) is 20.0. The van der Waals surface area contributed by atoms with Gasteiger partial charge in [-0.25, -0.2) is 0 Å². The number of carbonyl (C=O) groups is 2. The first-order valence-corrected chi connectivity index (χ1v) is 10.9. The molecule has 3 atom stereocenters. The average Bonchev–Trinajstić information content (AvgIpc) is 3.43. The SMILES string of the molecule is C=C1CCC(N2Cc3cc(O[C@@H]4CCCC4N4CCCC4)ccc3C2=O)C(=O)N1. The molecule has 1 aromatic rings. The van der Waals surface area contributed by atoms with Gasteiger partial charge >= 0.3 is 0 Å². The van der Waals surface area contributed by atoms with Crippen molar-refractivity contribution in [3.63, 3.8) is 0 Å². The van der Waals surface area contributed by atoms with Gasteiger partial charge in [-0.2, -0.15) is 0 Å². The Hall–Kier alpha value is -2.34. The predicted octanol–water partition coefficient (Wildman–Crippen LogP) is 2.83. The Labute approximate surface area is 171 Å². The third-order valence-electron chi connectivity index (χ3n) is 6.92. The van der Waals surface area contributed by atoms with Gasteiger partial charge in [0, 0.05) is 23.8 Å². The van der Waals surface area contributed by atoms with Crippen molar-refractivity contribution in [2.24, 2.45) is 0 Å². The maximum atomic E-state index is 12.9. The first-order valence-electron chi connectivity index (χ1n) is 10.9. The molecule has 2 amide bonds. The van der Waals surface area contributed by atoms with Gasteiger partial charge in [0.05, 0.1) is 0 Å². The van der Waals surface area contributed by atoms with E-state index in [2.05, 4.69) is 16.8 Å². The van der Waals surface area contributed by atoms with Crippen LogP contribution in [0.2, 0.25) is 0 Å². The van der Waals surface area contributed by atoms with Crippen LogP contribution in [0.3, 0.4) is 0 Å². The third-order valence-corrected chi connectivity index (χ3v) is 6.92. The van der Waals surface area contributed by atoms with E-state index in [1.807, 2.05) is 18.2 Å². The molecule has 1 aromatic carbocycles. The van der Waals surface area contributed by atoms with Gasteiger partial charge in [-0.3, -0.25) is 14.5 Å². The number of nitrogens with one attached hydrogen (secondary N) is 1. The van der Waals surface area contributed by atoms with E-state index >= 15 is 0 Å². The molecule has 0 spiro atoms. The highest BCUT2D eigenvalue weighted by Gasteiger charge is 2.39. The first-order chi connectivity index (χ1) is 14.1. The zero-order valence-corrected chi connectivity index (χ0v) is 16.9. The Morgan fingerprint density at radius 3 is 2.69 bits per heavy atom. The molecule has 2 unspecified atom stereocenters. The molecule has 29 heavy (non-hydrogen) atoms. The highest BCUT2D eigenvalue weighted by atomic mass is 16.5. The fourth-order valence-corrected chi connectivity index (χ4v) is 5.41. The Morgan fingerprint density at radius 1 is 1.07 bits per heavy atom. The molecular formula is C23H29N3O3. The van der Waals surface area contributed by atoms with Crippen molar-refractivity contribution in [2.45, 2.75) is 69.7 Å². The molecule has 6 heteroatoms. The van der Waals surface area contributed by atoms with Gasteiger partial charge in [0.1, 0.15) is 17.9 Å². The molecular weight excluding hydrogens is 366 g/mol. The number of hydrogen-bond donors (Lipinski definition) is 1. The summed E-state index contributed by atoms with van der Waals surface area (Å²) in [5, 5.41) is 2.79. The zero-order valence-electron chi connectivity index (χ0n) is 16.9. The molecule has 154 valence electrons. The number of ether oxygens (including phenoxy) is 1. The summed E-state index contributed by atoms with van der Waals surface area (Å²) in [5.41, 5.74) is 2.38. The average molecular weight is 396 g/mol. The van der Waals surface area contributed by atoms with Crippen LogP contribution in [0.25, 0.3) is 0 Å². The molecule has 5 rings (SSSR count). The lowest BCUT2D eigenvalue weighted by atomic mass is 10.0. The quantitative estimate of drug-likeness (QED) is 0.852. The molecule has 6 nitrogen and oxygen atoms in total. The molecule has 3 aliphatic heterocycles. The molecule has 2 saturated heterocycles. The molecule has 3 fully saturated rings. The van der Waals surface area contributed by atoms with Crippen molar-refractivity contribution < 1.29 is 14.3 Å². The molecule has 0 bridgehead atoms. The summed E-state index contributed by atoms with van der Waals surface area (Å²) in [4.78, 5) is 29.5. The van der Waals surface area contributed by atoms with Crippen molar-refractivity contribution in [1.82, 2.24) is 15.1 Å². The van der Waals surface area contributed by atoms with Crippen molar-refractivity contribution >= 4 is 11.8 Å². The van der Waals surface area contributed by atoms with E-state index in [-0.39, 0.29) is 17.9 Å². The van der Waals surface area contributed by atoms with Crippen molar-refractivity contribution in [2.75, 3.05) is 13.1 Å². The van der Waals surface area contributed by atoms with E-state index in [0.29, 0.717) is 31.0 Å². The second kappa shape index (κ2) is 7.48. The topological polar surface area (TPSA) is 61.9 Å². The first kappa shape index (κ1) is 18.7. The smallest absolute Gasteiger partial charge is 0.255 e. The summed E-state index contributed by atoms with van der Waals surface area (Å²) in [6.45, 7) is 6.67. The van der Waals surface area contributed by atoms with Gasteiger partial charge < -0.3 is 15.0 Å². The largest absolute Gasteiger partial charge is 0.489 e. The normalized spacial score (nSPS) is 30.0.